The Balaban J connectivity index is 1.52. The van der Waals surface area contributed by atoms with Gasteiger partial charge in [-0.05, 0) is 37.2 Å². The molecule has 2 aromatic rings. The van der Waals surface area contributed by atoms with Gasteiger partial charge in [0.25, 0.3) is 0 Å². The molecule has 162 valence electrons. The van der Waals surface area contributed by atoms with E-state index in [1.54, 1.807) is 17.8 Å². The zero-order valence-electron chi connectivity index (χ0n) is 17.1. The van der Waals surface area contributed by atoms with Crippen molar-refractivity contribution in [2.45, 2.75) is 38.6 Å². The molecule has 3 atom stereocenters. The lowest BCUT2D eigenvalue weighted by Crippen LogP contribution is -2.21. The molecule has 2 aliphatic rings. The van der Waals surface area contributed by atoms with Crippen molar-refractivity contribution in [2.75, 3.05) is 19.0 Å². The molecule has 0 radical (unpaired) electrons. The quantitative estimate of drug-likeness (QED) is 0.688. The number of anilines is 1. The zero-order valence-corrected chi connectivity index (χ0v) is 17.9. The summed E-state index contributed by atoms with van der Waals surface area (Å²) in [5.74, 6) is 2.35. The van der Waals surface area contributed by atoms with E-state index in [1.165, 1.54) is 0 Å². The fourth-order valence-electron chi connectivity index (χ4n) is 4.14. The Morgan fingerprint density at radius 2 is 2.20 bits per heavy atom. The summed E-state index contributed by atoms with van der Waals surface area (Å²) >= 11 is 0. The van der Waals surface area contributed by atoms with Crippen LogP contribution in [0.25, 0.3) is 11.2 Å². The number of rotatable bonds is 7. The van der Waals surface area contributed by atoms with Crippen LogP contribution in [0.5, 0.6) is 0 Å². The van der Waals surface area contributed by atoms with E-state index >= 15 is 0 Å². The highest BCUT2D eigenvalue weighted by atomic mass is 32.2. The molecular weight excluding hydrogens is 406 g/mol. The van der Waals surface area contributed by atoms with Crippen molar-refractivity contribution in [2.24, 2.45) is 17.0 Å². The van der Waals surface area contributed by atoms with Crippen LogP contribution in [0.1, 0.15) is 38.3 Å². The molecule has 0 bridgehead atoms. The summed E-state index contributed by atoms with van der Waals surface area (Å²) in [6.45, 7) is 2.27. The maximum absolute atomic E-state index is 11.0. The number of nitrogens with two attached hydrogens (primary N) is 1. The number of hydrogen-bond donors (Lipinski definition) is 2. The number of allylic oxidation sites excluding steroid dienone is 4. The van der Waals surface area contributed by atoms with Gasteiger partial charge in [-0.2, -0.15) is 18.0 Å². The molecule has 2 aliphatic carbocycles. The summed E-state index contributed by atoms with van der Waals surface area (Å²) in [5.41, 5.74) is 2.55. The molecule has 3 unspecified atom stereocenters. The van der Waals surface area contributed by atoms with Crippen LogP contribution < -0.4 is 10.5 Å². The van der Waals surface area contributed by atoms with Crippen LogP contribution in [0.4, 0.5) is 5.82 Å². The fourth-order valence-corrected chi connectivity index (χ4v) is 4.52. The van der Waals surface area contributed by atoms with E-state index in [0.29, 0.717) is 5.92 Å². The molecule has 1 fully saturated rings. The molecule has 0 aliphatic heterocycles. The number of nitrogens with zero attached hydrogens (tertiary/aromatic N) is 3. The Hall–Kier alpha value is -2.43. The second kappa shape index (κ2) is 8.37. The summed E-state index contributed by atoms with van der Waals surface area (Å²) in [5, 5.41) is 13.2. The first kappa shape index (κ1) is 20.8. The molecule has 4 rings (SSSR count). The van der Waals surface area contributed by atoms with Gasteiger partial charge in [-0.25, -0.2) is 10.1 Å². The first-order chi connectivity index (χ1) is 14.3. The van der Waals surface area contributed by atoms with E-state index < -0.39 is 10.3 Å². The molecule has 0 saturated heterocycles. The Bertz CT molecular complexity index is 1090. The number of hydrogen-bond acceptors (Lipinski definition) is 7. The van der Waals surface area contributed by atoms with E-state index in [0.717, 1.165) is 54.2 Å². The minimum Gasteiger partial charge on any atom is -0.500 e. The predicted octanol–water partition coefficient (Wildman–Crippen LogP) is 2.48. The molecule has 3 N–H and O–H groups in total. The smallest absolute Gasteiger partial charge is 0.333 e. The molecule has 30 heavy (non-hydrogen) atoms. The van der Waals surface area contributed by atoms with Gasteiger partial charge in [-0.1, -0.05) is 19.1 Å². The van der Waals surface area contributed by atoms with E-state index in [2.05, 4.69) is 29.4 Å². The standard InChI is InChI=1S/C20H27N5O4S/c1-13-3-6-16(18(9-13)28-2)17-11-20-22-8-7-19(25(20)24-17)23-15-5-4-14(10-15)12-29-30(21,26)27/h3,6-8,11,13-15,23H,4-5,9-10,12H2,1-2H3,(H2,21,26,27). The van der Waals surface area contributed by atoms with Crippen molar-refractivity contribution < 1.29 is 17.3 Å². The zero-order chi connectivity index (χ0) is 21.3. The monoisotopic (exact) mass is 433 g/mol. The van der Waals surface area contributed by atoms with Gasteiger partial charge in [0.1, 0.15) is 11.6 Å². The topological polar surface area (TPSA) is 121 Å². The van der Waals surface area contributed by atoms with E-state index in [1.807, 2.05) is 12.1 Å². The van der Waals surface area contributed by atoms with Gasteiger partial charge in [0.15, 0.2) is 5.65 Å². The van der Waals surface area contributed by atoms with Crippen molar-refractivity contribution >= 4 is 27.3 Å². The number of nitrogens with one attached hydrogen (secondary N) is 1. The minimum atomic E-state index is -3.90. The summed E-state index contributed by atoms with van der Waals surface area (Å²) in [6, 6.07) is 4.04. The average molecular weight is 434 g/mol. The molecule has 2 heterocycles. The highest BCUT2D eigenvalue weighted by Crippen LogP contribution is 2.32. The molecule has 0 aromatic carbocycles. The second-order valence-electron chi connectivity index (χ2n) is 8.01. The van der Waals surface area contributed by atoms with Crippen molar-refractivity contribution in [1.29, 1.82) is 0 Å². The van der Waals surface area contributed by atoms with Crippen molar-refractivity contribution in [3.8, 4) is 0 Å². The van der Waals surface area contributed by atoms with Crippen LogP contribution in [-0.4, -0.2) is 42.8 Å². The first-order valence-electron chi connectivity index (χ1n) is 10.1. The van der Waals surface area contributed by atoms with Crippen LogP contribution >= 0.6 is 0 Å². The Labute approximate surface area is 176 Å². The molecular formula is C20H27N5O4S. The Morgan fingerprint density at radius 1 is 1.37 bits per heavy atom. The van der Waals surface area contributed by atoms with E-state index in [-0.39, 0.29) is 18.6 Å². The summed E-state index contributed by atoms with van der Waals surface area (Å²) in [4.78, 5) is 4.44. The Morgan fingerprint density at radius 3 is 2.97 bits per heavy atom. The third kappa shape index (κ3) is 4.66. The summed E-state index contributed by atoms with van der Waals surface area (Å²) in [7, 11) is -2.21. The van der Waals surface area contributed by atoms with Crippen LogP contribution in [0, 0.1) is 11.8 Å². The summed E-state index contributed by atoms with van der Waals surface area (Å²) < 4.78 is 34.2. The lowest BCUT2D eigenvalue weighted by Gasteiger charge is -2.17. The van der Waals surface area contributed by atoms with Crippen LogP contribution in [-0.2, 0) is 19.2 Å². The first-order valence-corrected chi connectivity index (χ1v) is 11.5. The summed E-state index contributed by atoms with van der Waals surface area (Å²) in [6.07, 6.45) is 9.41. The van der Waals surface area contributed by atoms with Crippen molar-refractivity contribution in [3.05, 3.63) is 41.9 Å². The van der Waals surface area contributed by atoms with Crippen LogP contribution in [0.3, 0.4) is 0 Å². The van der Waals surface area contributed by atoms with E-state index in [9.17, 15) is 8.42 Å². The van der Waals surface area contributed by atoms with Gasteiger partial charge in [-0.3, -0.25) is 4.18 Å². The fraction of sp³-hybridized carbons (Fsp3) is 0.500. The third-order valence-electron chi connectivity index (χ3n) is 5.64. The van der Waals surface area contributed by atoms with Gasteiger partial charge in [-0.15, -0.1) is 0 Å². The van der Waals surface area contributed by atoms with Gasteiger partial charge in [0.05, 0.1) is 19.4 Å². The van der Waals surface area contributed by atoms with Crippen molar-refractivity contribution in [3.63, 3.8) is 0 Å². The molecule has 0 spiro atoms. The lowest BCUT2D eigenvalue weighted by atomic mass is 9.95. The second-order valence-corrected chi connectivity index (χ2v) is 9.23. The lowest BCUT2D eigenvalue weighted by molar-refractivity contribution is 0.256. The van der Waals surface area contributed by atoms with Gasteiger partial charge in [0, 0.05) is 30.3 Å². The molecule has 9 nitrogen and oxygen atoms in total. The van der Waals surface area contributed by atoms with Gasteiger partial charge >= 0.3 is 10.3 Å². The molecule has 10 heteroatoms. The highest BCUT2D eigenvalue weighted by molar-refractivity contribution is 7.84. The SMILES string of the molecule is COC1=C(c2cc3nccc(NC4CCC(COS(N)(=O)=O)C4)n3n2)C=CC(C)C1. The average Bonchev–Trinajstić information content (AvgIpc) is 3.33. The van der Waals surface area contributed by atoms with Gasteiger partial charge in [0.2, 0.25) is 0 Å². The normalized spacial score (nSPS) is 24.6. The van der Waals surface area contributed by atoms with Crippen LogP contribution in [0.15, 0.2) is 36.2 Å². The molecule has 1 saturated carbocycles. The van der Waals surface area contributed by atoms with Gasteiger partial charge < -0.3 is 10.1 Å². The number of methoxy groups -OCH3 is 1. The molecule has 2 aromatic heterocycles. The minimum absolute atomic E-state index is 0.118. The van der Waals surface area contributed by atoms with Crippen LogP contribution in [0.2, 0.25) is 0 Å². The maximum atomic E-state index is 11.0. The Kier molecular flexibility index (Phi) is 5.81. The van der Waals surface area contributed by atoms with E-state index in [4.69, 9.17) is 19.2 Å². The highest BCUT2D eigenvalue weighted by Gasteiger charge is 2.27. The number of fused-ring (bicyclic) bond motifs is 1. The largest absolute Gasteiger partial charge is 0.500 e. The number of aromatic nitrogens is 3. The van der Waals surface area contributed by atoms with Crippen molar-refractivity contribution in [1.82, 2.24) is 14.6 Å². The third-order valence-corrected chi connectivity index (χ3v) is 6.11. The maximum Gasteiger partial charge on any atom is 0.333 e. The predicted molar refractivity (Wildman–Crippen MR) is 114 cm³/mol. The number of ether oxygens (including phenoxy) is 1. The molecule has 0 amide bonds.